The zero-order chi connectivity index (χ0) is 13.5. The highest BCUT2D eigenvalue weighted by molar-refractivity contribution is 5.98. The fourth-order valence-electron chi connectivity index (χ4n) is 1.95. The maximum Gasteiger partial charge on any atom is 0.247 e. The summed E-state index contributed by atoms with van der Waals surface area (Å²) < 4.78 is 11.1. The van der Waals surface area contributed by atoms with Crippen molar-refractivity contribution < 1.29 is 14.3 Å². The molecule has 102 valence electrons. The molecule has 1 saturated heterocycles. The van der Waals surface area contributed by atoms with Gasteiger partial charge in [0, 0.05) is 18.9 Å². The van der Waals surface area contributed by atoms with Crippen molar-refractivity contribution in [3.63, 3.8) is 0 Å². The zero-order valence-electron chi connectivity index (χ0n) is 10.9. The van der Waals surface area contributed by atoms with Gasteiger partial charge in [0.25, 0.3) is 0 Å². The molecule has 1 aromatic carbocycles. The van der Waals surface area contributed by atoms with Gasteiger partial charge in [-0.2, -0.15) is 0 Å². The van der Waals surface area contributed by atoms with Crippen LogP contribution in [-0.4, -0.2) is 25.7 Å². The van der Waals surface area contributed by atoms with Crippen molar-refractivity contribution in [2.24, 2.45) is 5.92 Å². The number of carbonyl (C=O) groups excluding carboxylic acids is 1. The quantitative estimate of drug-likeness (QED) is 0.829. The summed E-state index contributed by atoms with van der Waals surface area (Å²) in [4.78, 5) is 11.1. The number of anilines is 1. The fraction of sp³-hybridized carbons (Fsp3) is 0.400. The lowest BCUT2D eigenvalue weighted by molar-refractivity contribution is -0.111. The number of rotatable bonds is 5. The van der Waals surface area contributed by atoms with E-state index in [1.165, 1.54) is 6.08 Å². The van der Waals surface area contributed by atoms with E-state index in [2.05, 4.69) is 11.9 Å². The van der Waals surface area contributed by atoms with Crippen LogP contribution < -0.4 is 10.1 Å². The van der Waals surface area contributed by atoms with E-state index < -0.39 is 0 Å². The molecule has 4 heteroatoms. The van der Waals surface area contributed by atoms with Gasteiger partial charge in [0.15, 0.2) is 0 Å². The molecule has 0 unspecified atom stereocenters. The van der Waals surface area contributed by atoms with Gasteiger partial charge in [-0.25, -0.2) is 0 Å². The van der Waals surface area contributed by atoms with E-state index in [1.54, 1.807) is 0 Å². The highest BCUT2D eigenvalue weighted by Gasteiger charge is 2.14. The summed E-state index contributed by atoms with van der Waals surface area (Å²) in [6, 6.07) is 7.36. The van der Waals surface area contributed by atoms with Gasteiger partial charge in [-0.05, 0) is 49.1 Å². The van der Waals surface area contributed by atoms with Crippen LogP contribution in [0.15, 0.2) is 36.9 Å². The van der Waals surface area contributed by atoms with Crippen LogP contribution in [0.25, 0.3) is 0 Å². The van der Waals surface area contributed by atoms with Crippen molar-refractivity contribution in [2.45, 2.75) is 12.8 Å². The van der Waals surface area contributed by atoms with Crippen molar-refractivity contribution in [3.05, 3.63) is 36.9 Å². The minimum Gasteiger partial charge on any atom is -0.493 e. The van der Waals surface area contributed by atoms with E-state index >= 15 is 0 Å². The summed E-state index contributed by atoms with van der Waals surface area (Å²) in [5, 5.41) is 2.70. The van der Waals surface area contributed by atoms with Crippen LogP contribution in [0.3, 0.4) is 0 Å². The van der Waals surface area contributed by atoms with Crippen LogP contribution in [0.4, 0.5) is 5.69 Å². The number of carbonyl (C=O) groups is 1. The van der Waals surface area contributed by atoms with Crippen LogP contribution in [0.2, 0.25) is 0 Å². The molecule has 1 aromatic rings. The summed E-state index contributed by atoms with van der Waals surface area (Å²) in [6.45, 7) is 5.80. The number of ether oxygens (including phenoxy) is 2. The molecule has 1 aliphatic rings. The monoisotopic (exact) mass is 261 g/mol. The molecular formula is C15H19NO3. The summed E-state index contributed by atoms with van der Waals surface area (Å²) in [5.41, 5.74) is 0.739. The van der Waals surface area contributed by atoms with Gasteiger partial charge in [0.1, 0.15) is 5.75 Å². The lowest BCUT2D eigenvalue weighted by atomic mass is 10.0. The molecule has 2 rings (SSSR count). The fourth-order valence-corrected chi connectivity index (χ4v) is 1.95. The van der Waals surface area contributed by atoms with E-state index in [1.807, 2.05) is 24.3 Å². The van der Waals surface area contributed by atoms with E-state index in [4.69, 9.17) is 9.47 Å². The molecule has 0 bridgehead atoms. The number of hydrogen-bond acceptors (Lipinski definition) is 3. The van der Waals surface area contributed by atoms with Gasteiger partial charge in [-0.1, -0.05) is 6.58 Å². The Bertz CT molecular complexity index is 422. The van der Waals surface area contributed by atoms with Gasteiger partial charge >= 0.3 is 0 Å². The molecule has 1 aliphatic heterocycles. The molecule has 1 fully saturated rings. The number of hydrogen-bond donors (Lipinski definition) is 1. The molecule has 0 aliphatic carbocycles. The molecule has 0 spiro atoms. The average Bonchev–Trinajstić information content (AvgIpc) is 2.47. The van der Waals surface area contributed by atoms with Gasteiger partial charge in [0.05, 0.1) is 6.61 Å². The van der Waals surface area contributed by atoms with Crippen LogP contribution in [0.1, 0.15) is 12.8 Å². The molecule has 1 N–H and O–H groups in total. The first-order valence-electron chi connectivity index (χ1n) is 6.52. The lowest BCUT2D eigenvalue weighted by Gasteiger charge is -2.22. The Morgan fingerprint density at radius 3 is 2.68 bits per heavy atom. The third kappa shape index (κ3) is 4.41. The zero-order valence-corrected chi connectivity index (χ0v) is 10.9. The summed E-state index contributed by atoms with van der Waals surface area (Å²) in [6.07, 6.45) is 3.37. The van der Waals surface area contributed by atoms with Gasteiger partial charge in [0.2, 0.25) is 5.91 Å². The molecular weight excluding hydrogens is 242 g/mol. The predicted molar refractivity (Wildman–Crippen MR) is 74.3 cm³/mol. The third-order valence-corrected chi connectivity index (χ3v) is 3.13. The molecule has 0 atom stereocenters. The van der Waals surface area contributed by atoms with E-state index in [-0.39, 0.29) is 5.91 Å². The minimum atomic E-state index is -0.212. The molecule has 1 amide bonds. The molecule has 0 radical (unpaired) electrons. The summed E-state index contributed by atoms with van der Waals surface area (Å²) in [7, 11) is 0. The maximum absolute atomic E-state index is 11.1. The second kappa shape index (κ2) is 6.95. The molecule has 0 saturated carbocycles. The van der Waals surface area contributed by atoms with Crippen molar-refractivity contribution >= 4 is 11.6 Å². The predicted octanol–water partition coefficient (Wildman–Crippen LogP) is 2.62. The number of benzene rings is 1. The maximum atomic E-state index is 11.1. The average molecular weight is 261 g/mol. The Labute approximate surface area is 113 Å². The van der Waals surface area contributed by atoms with E-state index in [9.17, 15) is 4.79 Å². The van der Waals surface area contributed by atoms with Crippen molar-refractivity contribution in [1.29, 1.82) is 0 Å². The topological polar surface area (TPSA) is 47.6 Å². The number of nitrogens with one attached hydrogen (secondary N) is 1. The Morgan fingerprint density at radius 1 is 1.37 bits per heavy atom. The van der Waals surface area contributed by atoms with Crippen LogP contribution in [0.5, 0.6) is 5.75 Å². The summed E-state index contributed by atoms with van der Waals surface area (Å²) >= 11 is 0. The van der Waals surface area contributed by atoms with Crippen LogP contribution in [-0.2, 0) is 9.53 Å². The number of amides is 1. The van der Waals surface area contributed by atoms with Crippen molar-refractivity contribution in [1.82, 2.24) is 0 Å². The molecule has 19 heavy (non-hydrogen) atoms. The Kier molecular flexibility index (Phi) is 4.98. The largest absolute Gasteiger partial charge is 0.493 e. The highest BCUT2D eigenvalue weighted by Crippen LogP contribution is 2.19. The Morgan fingerprint density at radius 2 is 2.05 bits per heavy atom. The second-order valence-electron chi connectivity index (χ2n) is 4.58. The normalized spacial score (nSPS) is 15.8. The summed E-state index contributed by atoms with van der Waals surface area (Å²) in [5.74, 6) is 1.19. The second-order valence-corrected chi connectivity index (χ2v) is 4.58. The van der Waals surface area contributed by atoms with Crippen molar-refractivity contribution in [3.8, 4) is 5.75 Å². The first kappa shape index (κ1) is 13.6. The van der Waals surface area contributed by atoms with Gasteiger partial charge in [-0.3, -0.25) is 4.79 Å². The molecule has 1 heterocycles. The molecule has 4 nitrogen and oxygen atoms in total. The Balaban J connectivity index is 1.80. The van der Waals surface area contributed by atoms with E-state index in [0.29, 0.717) is 5.92 Å². The highest BCUT2D eigenvalue weighted by atomic mass is 16.5. The van der Waals surface area contributed by atoms with Crippen LogP contribution >= 0.6 is 0 Å². The Hall–Kier alpha value is -1.81. The molecule has 0 aromatic heterocycles. The van der Waals surface area contributed by atoms with Gasteiger partial charge in [-0.15, -0.1) is 0 Å². The lowest BCUT2D eigenvalue weighted by Crippen LogP contribution is -2.21. The first-order chi connectivity index (χ1) is 9.28. The first-order valence-corrected chi connectivity index (χ1v) is 6.52. The smallest absolute Gasteiger partial charge is 0.247 e. The van der Waals surface area contributed by atoms with Gasteiger partial charge < -0.3 is 14.8 Å². The SMILES string of the molecule is C=CC(=O)Nc1ccc(OCC2CCOCC2)cc1. The van der Waals surface area contributed by atoms with E-state index in [0.717, 1.165) is 44.1 Å². The minimum absolute atomic E-state index is 0.212. The van der Waals surface area contributed by atoms with Crippen LogP contribution in [0, 0.1) is 5.92 Å². The standard InChI is InChI=1S/C15H19NO3/c1-2-15(17)16-13-3-5-14(6-4-13)19-11-12-7-9-18-10-8-12/h2-6,12H,1,7-11H2,(H,16,17). The van der Waals surface area contributed by atoms with Crippen molar-refractivity contribution in [2.75, 3.05) is 25.1 Å². The third-order valence-electron chi connectivity index (χ3n) is 3.13.